The molecule has 2 rings (SSSR count). The molecule has 0 aromatic heterocycles. The zero-order valence-electron chi connectivity index (χ0n) is 11.9. The Hall–Kier alpha value is -0.470. The van der Waals surface area contributed by atoms with E-state index in [9.17, 15) is 8.42 Å². The van der Waals surface area contributed by atoms with Crippen molar-refractivity contribution < 1.29 is 37.2 Å². The number of nitrogens with zero attached hydrogens (tertiary/aromatic N) is 1. The first-order chi connectivity index (χ1) is 9.22. The zero-order chi connectivity index (χ0) is 15.0. The van der Waals surface area contributed by atoms with Crippen LogP contribution in [0.2, 0.25) is 0 Å². The molecule has 4 nitrogen and oxygen atoms in total. The zero-order valence-corrected chi connectivity index (χ0v) is 14.9. The molecule has 0 saturated carbocycles. The second-order valence-corrected chi connectivity index (χ2v) is 9.88. The van der Waals surface area contributed by atoms with Crippen molar-refractivity contribution >= 4 is 15.8 Å². The summed E-state index contributed by atoms with van der Waals surface area (Å²) in [7, 11) is -3.86. The van der Waals surface area contributed by atoms with Crippen LogP contribution in [0, 0.1) is 3.57 Å². The molecule has 0 aliphatic carbocycles. The van der Waals surface area contributed by atoms with Crippen molar-refractivity contribution in [1.29, 1.82) is 0 Å². The van der Waals surface area contributed by atoms with Gasteiger partial charge in [0, 0.05) is 0 Å². The van der Waals surface area contributed by atoms with E-state index in [0.717, 1.165) is 0 Å². The van der Waals surface area contributed by atoms with Crippen LogP contribution in [-0.4, -0.2) is 33.8 Å². The fraction of sp³-hybridized carbons (Fsp3) is 0.500. The molecule has 6 heteroatoms. The summed E-state index contributed by atoms with van der Waals surface area (Å²) in [4.78, 5) is 0. The van der Waals surface area contributed by atoms with Gasteiger partial charge in [0.05, 0.1) is 0 Å². The minimum absolute atomic E-state index is 0.0212. The quantitative estimate of drug-likeness (QED) is 0.391. The minimum atomic E-state index is -3.86. The average Bonchev–Trinajstić information content (AvgIpc) is 2.34. The summed E-state index contributed by atoms with van der Waals surface area (Å²) < 4.78 is 34.2. The van der Waals surface area contributed by atoms with Crippen molar-refractivity contribution in [2.75, 3.05) is 12.3 Å². The van der Waals surface area contributed by atoms with Crippen molar-refractivity contribution in [1.82, 2.24) is 0 Å². The molecule has 1 aromatic carbocycles. The molecule has 0 amide bonds. The molecule has 0 atom stereocenters. The van der Waals surface area contributed by atoms with Crippen LogP contribution in [0.25, 0.3) is 0 Å². The molecular formula is C14H20INO3S. The van der Waals surface area contributed by atoms with Crippen LogP contribution in [0.3, 0.4) is 0 Å². The molecule has 1 aliphatic heterocycles. The first-order valence-electron chi connectivity index (χ1n) is 6.53. The van der Waals surface area contributed by atoms with Gasteiger partial charge in [-0.25, -0.2) is 0 Å². The van der Waals surface area contributed by atoms with Gasteiger partial charge in [-0.3, -0.25) is 0 Å². The van der Waals surface area contributed by atoms with Crippen LogP contribution in [0.5, 0.6) is 0 Å². The average molecular weight is 409 g/mol. The molecule has 112 valence electrons. The maximum atomic E-state index is 10.8. The molecule has 20 heavy (non-hydrogen) atoms. The van der Waals surface area contributed by atoms with E-state index in [2.05, 4.69) is 47.8 Å². The van der Waals surface area contributed by atoms with Gasteiger partial charge in [-0.1, -0.05) is 0 Å². The Kier molecular flexibility index (Phi) is 4.56. The van der Waals surface area contributed by atoms with Gasteiger partial charge >= 0.3 is 131 Å². The number of rotatable bonds is 4. The molecule has 1 aliphatic rings. The van der Waals surface area contributed by atoms with Crippen LogP contribution >= 0.6 is 0 Å². The molecule has 1 N–H and O–H groups in total. The second-order valence-electron chi connectivity index (χ2n) is 5.50. The van der Waals surface area contributed by atoms with Gasteiger partial charge in [0.2, 0.25) is 0 Å². The summed E-state index contributed by atoms with van der Waals surface area (Å²) in [5.41, 5.74) is 2.66. The van der Waals surface area contributed by atoms with Crippen molar-refractivity contribution in [2.45, 2.75) is 32.6 Å². The Morgan fingerprint density at radius 1 is 1.30 bits per heavy atom. The summed E-state index contributed by atoms with van der Waals surface area (Å²) in [5, 5.41) is 0. The molecule has 0 bridgehead atoms. The molecule has 0 fully saturated rings. The third-order valence-electron chi connectivity index (χ3n) is 3.77. The van der Waals surface area contributed by atoms with E-state index in [4.69, 9.17) is 4.55 Å². The van der Waals surface area contributed by atoms with E-state index in [1.165, 1.54) is 14.8 Å². The molecule has 0 spiro atoms. The standard InChI is InChI=1S/C14H20INO3S/c1-11-14(2,3)12-7-4-5-8-13(12)15-16(11)9-6-10-20(17,18)19/h4-5,7-8H,6,9-10H2,1-3H3,(H,17,18,19). The van der Waals surface area contributed by atoms with Gasteiger partial charge in [0.15, 0.2) is 0 Å². The number of halogens is 1. The predicted octanol–water partition coefficient (Wildman–Crippen LogP) is -1.10. The molecule has 1 heterocycles. The molecule has 0 saturated heterocycles. The van der Waals surface area contributed by atoms with E-state index in [1.54, 1.807) is 0 Å². The van der Waals surface area contributed by atoms with E-state index in [0.29, 0.717) is 13.0 Å². The van der Waals surface area contributed by atoms with Crippen molar-refractivity contribution in [3.63, 3.8) is 0 Å². The van der Waals surface area contributed by atoms with Crippen LogP contribution in [0.15, 0.2) is 24.3 Å². The monoisotopic (exact) mass is 409 g/mol. The number of hydrogen-bond acceptors (Lipinski definition) is 2. The van der Waals surface area contributed by atoms with Crippen LogP contribution in [-0.2, 0) is 15.5 Å². The molecule has 1 aromatic rings. The summed E-state index contributed by atoms with van der Waals surface area (Å²) >= 11 is -0.300. The maximum absolute atomic E-state index is 10.8. The first kappa shape index (κ1) is 15.9. The van der Waals surface area contributed by atoms with E-state index in [-0.39, 0.29) is 32.6 Å². The van der Waals surface area contributed by atoms with Crippen LogP contribution in [0.4, 0.5) is 0 Å². The summed E-state index contributed by atoms with van der Waals surface area (Å²) in [6.45, 7) is 7.24. The summed E-state index contributed by atoms with van der Waals surface area (Å²) in [5.74, 6) is -0.164. The van der Waals surface area contributed by atoms with Gasteiger partial charge in [-0.05, 0) is 0 Å². The topological polar surface area (TPSA) is 57.4 Å². The van der Waals surface area contributed by atoms with Crippen molar-refractivity contribution in [3.8, 4) is 0 Å². The predicted molar refractivity (Wildman–Crippen MR) is 75.0 cm³/mol. The number of benzene rings is 1. The van der Waals surface area contributed by atoms with Gasteiger partial charge < -0.3 is 0 Å². The summed E-state index contributed by atoms with van der Waals surface area (Å²) in [6.07, 6.45) is 0.466. The SMILES string of the molecule is CC1=[N+](CCCS(=O)(=O)O)[I-]c2ccccc2C1(C)C. The van der Waals surface area contributed by atoms with Crippen molar-refractivity contribution in [3.05, 3.63) is 33.4 Å². The Morgan fingerprint density at radius 2 is 1.95 bits per heavy atom. The third-order valence-corrected chi connectivity index (χ3v) is 7.82. The Labute approximate surface area is 131 Å². The van der Waals surface area contributed by atoms with Gasteiger partial charge in [0.25, 0.3) is 0 Å². The van der Waals surface area contributed by atoms with Gasteiger partial charge in [-0.15, -0.1) is 0 Å². The van der Waals surface area contributed by atoms with Gasteiger partial charge in [-0.2, -0.15) is 0 Å². The fourth-order valence-corrected chi connectivity index (χ4v) is 6.46. The van der Waals surface area contributed by atoms with Crippen LogP contribution < -0.4 is 21.5 Å². The summed E-state index contributed by atoms with van der Waals surface area (Å²) in [6, 6.07) is 8.50. The van der Waals surface area contributed by atoms with E-state index >= 15 is 0 Å². The Morgan fingerprint density at radius 3 is 2.60 bits per heavy atom. The number of fused-ring (bicyclic) bond motifs is 1. The normalized spacial score (nSPS) is 18.4. The molecule has 0 radical (unpaired) electrons. The van der Waals surface area contributed by atoms with Gasteiger partial charge in [0.1, 0.15) is 0 Å². The molecule has 0 unspecified atom stereocenters. The van der Waals surface area contributed by atoms with E-state index < -0.39 is 10.1 Å². The first-order valence-corrected chi connectivity index (χ1v) is 10.2. The Balaban J connectivity index is 2.23. The second kappa shape index (κ2) is 5.73. The van der Waals surface area contributed by atoms with Crippen molar-refractivity contribution in [2.24, 2.45) is 0 Å². The van der Waals surface area contributed by atoms with Crippen LogP contribution in [0.1, 0.15) is 32.8 Å². The number of hydrogen-bond donors (Lipinski definition) is 1. The Bertz CT molecular complexity index is 650. The van der Waals surface area contributed by atoms with E-state index in [1.807, 2.05) is 0 Å². The third kappa shape index (κ3) is 3.40. The fourth-order valence-electron chi connectivity index (χ4n) is 2.31. The molecular weight excluding hydrogens is 389 g/mol.